The molecule has 1 heterocycles. The van der Waals surface area contributed by atoms with E-state index in [1.165, 1.54) is 0 Å². The SMILES string of the molecule is Cn1cc(NC2CCC(NC(=O)OC(C)(C)C)CC2)cn1. The van der Waals surface area contributed by atoms with Gasteiger partial charge in [-0.1, -0.05) is 0 Å². The van der Waals surface area contributed by atoms with Crippen LogP contribution in [0, 0.1) is 0 Å². The lowest BCUT2D eigenvalue weighted by Gasteiger charge is -2.30. The van der Waals surface area contributed by atoms with Crippen LogP contribution in [0.4, 0.5) is 10.5 Å². The molecule has 6 nitrogen and oxygen atoms in total. The smallest absolute Gasteiger partial charge is 0.407 e. The zero-order chi connectivity index (χ0) is 15.5. The zero-order valence-electron chi connectivity index (χ0n) is 13.3. The van der Waals surface area contributed by atoms with Crippen molar-refractivity contribution in [2.24, 2.45) is 7.05 Å². The van der Waals surface area contributed by atoms with Gasteiger partial charge in [0.25, 0.3) is 0 Å². The van der Waals surface area contributed by atoms with Crippen molar-refractivity contribution in [3.05, 3.63) is 12.4 Å². The van der Waals surface area contributed by atoms with Crippen LogP contribution in [-0.2, 0) is 11.8 Å². The molecule has 1 aliphatic carbocycles. The van der Waals surface area contributed by atoms with E-state index < -0.39 is 5.60 Å². The molecule has 0 aromatic carbocycles. The molecule has 2 rings (SSSR count). The summed E-state index contributed by atoms with van der Waals surface area (Å²) in [6.07, 6.45) is 7.51. The third kappa shape index (κ3) is 5.28. The molecular formula is C15H26N4O2. The Hall–Kier alpha value is -1.72. The minimum absolute atomic E-state index is 0.215. The topological polar surface area (TPSA) is 68.2 Å². The first-order valence-corrected chi connectivity index (χ1v) is 7.56. The van der Waals surface area contributed by atoms with Gasteiger partial charge in [-0.25, -0.2) is 4.79 Å². The molecule has 1 aliphatic rings. The van der Waals surface area contributed by atoms with Gasteiger partial charge >= 0.3 is 6.09 Å². The van der Waals surface area contributed by atoms with E-state index in [0.29, 0.717) is 6.04 Å². The first-order chi connectivity index (χ1) is 9.82. The number of amides is 1. The predicted molar refractivity (Wildman–Crippen MR) is 82.2 cm³/mol. The molecule has 1 saturated carbocycles. The molecule has 0 spiro atoms. The number of alkyl carbamates (subject to hydrolysis) is 1. The summed E-state index contributed by atoms with van der Waals surface area (Å²) >= 11 is 0. The number of aryl methyl sites for hydroxylation is 1. The molecule has 0 bridgehead atoms. The quantitative estimate of drug-likeness (QED) is 0.899. The van der Waals surface area contributed by atoms with Crippen LogP contribution in [0.2, 0.25) is 0 Å². The number of aromatic nitrogens is 2. The lowest BCUT2D eigenvalue weighted by Crippen LogP contribution is -2.42. The van der Waals surface area contributed by atoms with Crippen molar-refractivity contribution < 1.29 is 9.53 Å². The van der Waals surface area contributed by atoms with Gasteiger partial charge in [0, 0.05) is 25.3 Å². The molecule has 0 aliphatic heterocycles. The molecule has 0 atom stereocenters. The molecule has 0 unspecified atom stereocenters. The van der Waals surface area contributed by atoms with Gasteiger partial charge in [0.15, 0.2) is 0 Å². The minimum Gasteiger partial charge on any atom is -0.444 e. The lowest BCUT2D eigenvalue weighted by atomic mass is 9.91. The molecule has 1 fully saturated rings. The standard InChI is InChI=1S/C15H26N4O2/c1-15(2,3)21-14(20)18-12-7-5-11(6-8-12)17-13-9-16-19(4)10-13/h9-12,17H,5-8H2,1-4H3,(H,18,20). The van der Waals surface area contributed by atoms with Gasteiger partial charge in [0.05, 0.1) is 11.9 Å². The maximum Gasteiger partial charge on any atom is 0.407 e. The Bertz CT molecular complexity index is 470. The van der Waals surface area contributed by atoms with Crippen molar-refractivity contribution in [3.63, 3.8) is 0 Å². The summed E-state index contributed by atoms with van der Waals surface area (Å²) in [5.74, 6) is 0. The summed E-state index contributed by atoms with van der Waals surface area (Å²) in [6.45, 7) is 5.63. The number of carbonyl (C=O) groups excluding carboxylic acids is 1. The Balaban J connectivity index is 1.72. The van der Waals surface area contributed by atoms with Crippen molar-refractivity contribution in [2.45, 2.75) is 64.1 Å². The number of nitrogens with zero attached hydrogens (tertiary/aromatic N) is 2. The minimum atomic E-state index is -0.441. The van der Waals surface area contributed by atoms with Crippen molar-refractivity contribution in [3.8, 4) is 0 Å². The predicted octanol–water partition coefficient (Wildman–Crippen LogP) is 2.67. The average molecular weight is 294 g/mol. The van der Waals surface area contributed by atoms with Crippen molar-refractivity contribution >= 4 is 11.8 Å². The van der Waals surface area contributed by atoms with Gasteiger partial charge in [0.2, 0.25) is 0 Å². The van der Waals surface area contributed by atoms with Crippen LogP contribution in [-0.4, -0.2) is 33.6 Å². The summed E-state index contributed by atoms with van der Waals surface area (Å²) in [7, 11) is 1.91. The van der Waals surface area contributed by atoms with E-state index in [4.69, 9.17) is 4.74 Å². The van der Waals surface area contributed by atoms with Gasteiger partial charge in [-0.3, -0.25) is 4.68 Å². The Kier molecular flexibility index (Phi) is 4.75. The van der Waals surface area contributed by atoms with E-state index in [9.17, 15) is 4.79 Å². The number of ether oxygens (including phenoxy) is 1. The van der Waals surface area contributed by atoms with Crippen LogP contribution in [0.1, 0.15) is 46.5 Å². The summed E-state index contributed by atoms with van der Waals surface area (Å²) in [5.41, 5.74) is 0.615. The first kappa shape index (κ1) is 15.7. The van der Waals surface area contributed by atoms with E-state index in [1.54, 1.807) is 4.68 Å². The number of nitrogens with one attached hydrogen (secondary N) is 2. The average Bonchev–Trinajstić information content (AvgIpc) is 2.75. The monoisotopic (exact) mass is 294 g/mol. The normalized spacial score (nSPS) is 22.7. The molecule has 2 N–H and O–H groups in total. The van der Waals surface area contributed by atoms with Crippen molar-refractivity contribution in [2.75, 3.05) is 5.32 Å². The highest BCUT2D eigenvalue weighted by atomic mass is 16.6. The van der Waals surface area contributed by atoms with E-state index in [-0.39, 0.29) is 12.1 Å². The number of rotatable bonds is 3. The molecule has 1 amide bonds. The highest BCUT2D eigenvalue weighted by molar-refractivity contribution is 5.68. The van der Waals surface area contributed by atoms with Gasteiger partial charge < -0.3 is 15.4 Å². The van der Waals surface area contributed by atoms with Crippen LogP contribution < -0.4 is 10.6 Å². The van der Waals surface area contributed by atoms with Gasteiger partial charge in [-0.15, -0.1) is 0 Å². The number of carbonyl (C=O) groups is 1. The summed E-state index contributed by atoms with van der Waals surface area (Å²) in [5, 5.41) is 10.6. The van der Waals surface area contributed by atoms with Crippen molar-refractivity contribution in [1.29, 1.82) is 0 Å². The van der Waals surface area contributed by atoms with Crippen LogP contribution in [0.15, 0.2) is 12.4 Å². The van der Waals surface area contributed by atoms with Gasteiger partial charge in [-0.2, -0.15) is 5.10 Å². The first-order valence-electron chi connectivity index (χ1n) is 7.56. The summed E-state index contributed by atoms with van der Waals surface area (Å²) < 4.78 is 7.08. The molecule has 21 heavy (non-hydrogen) atoms. The molecule has 0 radical (unpaired) electrons. The van der Waals surface area contributed by atoms with Gasteiger partial charge in [0.1, 0.15) is 5.60 Å². The van der Waals surface area contributed by atoms with E-state index in [1.807, 2.05) is 40.2 Å². The van der Waals surface area contributed by atoms with Crippen LogP contribution in [0.3, 0.4) is 0 Å². The molecule has 1 aromatic heterocycles. The Labute approximate surface area is 126 Å². The van der Waals surface area contributed by atoms with E-state index in [0.717, 1.165) is 31.4 Å². The Morgan fingerprint density at radius 2 is 1.90 bits per heavy atom. The fraction of sp³-hybridized carbons (Fsp3) is 0.733. The molecule has 118 valence electrons. The Morgan fingerprint density at radius 3 is 2.43 bits per heavy atom. The van der Waals surface area contributed by atoms with Crippen molar-refractivity contribution in [1.82, 2.24) is 15.1 Å². The highest BCUT2D eigenvalue weighted by Gasteiger charge is 2.24. The van der Waals surface area contributed by atoms with E-state index >= 15 is 0 Å². The highest BCUT2D eigenvalue weighted by Crippen LogP contribution is 2.22. The van der Waals surface area contributed by atoms with Crippen LogP contribution in [0.5, 0.6) is 0 Å². The zero-order valence-corrected chi connectivity index (χ0v) is 13.3. The maximum absolute atomic E-state index is 11.7. The largest absolute Gasteiger partial charge is 0.444 e. The maximum atomic E-state index is 11.7. The fourth-order valence-electron chi connectivity index (χ4n) is 2.59. The summed E-state index contributed by atoms with van der Waals surface area (Å²) in [6, 6.07) is 0.665. The number of anilines is 1. The number of hydrogen-bond acceptors (Lipinski definition) is 4. The molecule has 6 heteroatoms. The fourth-order valence-corrected chi connectivity index (χ4v) is 2.59. The summed E-state index contributed by atoms with van der Waals surface area (Å²) in [4.78, 5) is 11.7. The second-order valence-corrected chi connectivity index (χ2v) is 6.74. The molecular weight excluding hydrogens is 268 g/mol. The van der Waals surface area contributed by atoms with Crippen LogP contribution in [0.25, 0.3) is 0 Å². The van der Waals surface area contributed by atoms with Gasteiger partial charge in [-0.05, 0) is 46.5 Å². The Morgan fingerprint density at radius 1 is 1.29 bits per heavy atom. The second-order valence-electron chi connectivity index (χ2n) is 6.74. The van der Waals surface area contributed by atoms with E-state index in [2.05, 4.69) is 15.7 Å². The lowest BCUT2D eigenvalue weighted by molar-refractivity contribution is 0.0492. The third-order valence-electron chi connectivity index (χ3n) is 3.52. The molecule has 0 saturated heterocycles. The van der Waals surface area contributed by atoms with Crippen LogP contribution >= 0.6 is 0 Å². The molecule has 1 aromatic rings. The third-order valence-corrected chi connectivity index (χ3v) is 3.52. The number of hydrogen-bond donors (Lipinski definition) is 2. The second kappa shape index (κ2) is 6.37.